The monoisotopic (exact) mass is 165 g/mol. The number of amides is 2. The van der Waals surface area contributed by atoms with E-state index >= 15 is 0 Å². The second kappa shape index (κ2) is 2.58. The van der Waals surface area contributed by atoms with Gasteiger partial charge < -0.3 is 0 Å². The number of nitrogens with one attached hydrogen (secondary N) is 1. The molecule has 0 aromatic heterocycles. The molecule has 3 nitrogen and oxygen atoms in total. The molecule has 1 fully saturated rings. The molecule has 1 unspecified atom stereocenters. The normalized spacial score (nSPS) is 26.6. The lowest BCUT2D eigenvalue weighted by Gasteiger charge is -1.93. The topological polar surface area (TPSA) is 46.2 Å². The van der Waals surface area contributed by atoms with Crippen molar-refractivity contribution in [1.82, 2.24) is 5.32 Å². The van der Waals surface area contributed by atoms with Crippen LogP contribution in [0.5, 0.6) is 0 Å². The lowest BCUT2D eigenvalue weighted by Crippen LogP contribution is -2.24. The van der Waals surface area contributed by atoms with Gasteiger partial charge >= 0.3 is 0 Å². The highest BCUT2D eigenvalue weighted by Gasteiger charge is 2.30. The van der Waals surface area contributed by atoms with Crippen molar-refractivity contribution in [2.45, 2.75) is 5.25 Å². The minimum atomic E-state index is -0.376. The van der Waals surface area contributed by atoms with E-state index in [9.17, 15) is 9.59 Å². The number of imide groups is 1. The van der Waals surface area contributed by atoms with Crippen molar-refractivity contribution >= 4 is 34.5 Å². The Morgan fingerprint density at radius 1 is 1.67 bits per heavy atom. The lowest BCUT2D eigenvalue weighted by molar-refractivity contribution is -0.118. The van der Waals surface area contributed by atoms with Crippen LogP contribution in [-0.4, -0.2) is 22.3 Å². The molecular formula is C4H4ClNO2S. The standard InChI is InChI=1S/C4H4ClNO2S/c5-1-2-3(7)6-4(8)9-2/h2H,1H2,(H,6,7,8). The maximum Gasteiger partial charge on any atom is 0.286 e. The van der Waals surface area contributed by atoms with Crippen LogP contribution in [-0.2, 0) is 4.79 Å². The van der Waals surface area contributed by atoms with Gasteiger partial charge in [0.25, 0.3) is 5.24 Å². The molecule has 2 amide bonds. The smallest absolute Gasteiger partial charge is 0.286 e. The summed E-state index contributed by atoms with van der Waals surface area (Å²) in [6.45, 7) is 0. The molecule has 1 saturated heterocycles. The molecular weight excluding hydrogens is 162 g/mol. The molecule has 1 aliphatic heterocycles. The van der Waals surface area contributed by atoms with Crippen molar-refractivity contribution in [3.8, 4) is 0 Å². The van der Waals surface area contributed by atoms with Gasteiger partial charge in [-0.3, -0.25) is 14.9 Å². The quantitative estimate of drug-likeness (QED) is 0.578. The molecule has 1 N–H and O–H groups in total. The third-order valence-corrected chi connectivity index (χ3v) is 2.38. The van der Waals surface area contributed by atoms with Gasteiger partial charge in [0.05, 0.1) is 0 Å². The Morgan fingerprint density at radius 3 is 2.56 bits per heavy atom. The molecule has 1 rings (SSSR count). The molecule has 9 heavy (non-hydrogen) atoms. The summed E-state index contributed by atoms with van der Waals surface area (Å²) in [5, 5.41) is 1.44. The molecule has 1 atom stereocenters. The summed E-state index contributed by atoms with van der Waals surface area (Å²) in [4.78, 5) is 21.0. The van der Waals surface area contributed by atoms with Gasteiger partial charge in [-0.25, -0.2) is 0 Å². The highest BCUT2D eigenvalue weighted by Crippen LogP contribution is 2.19. The van der Waals surface area contributed by atoms with Gasteiger partial charge in [0, 0.05) is 5.88 Å². The van der Waals surface area contributed by atoms with Crippen LogP contribution >= 0.6 is 23.4 Å². The fraction of sp³-hybridized carbons (Fsp3) is 0.500. The summed E-state index contributed by atoms with van der Waals surface area (Å²) in [6, 6.07) is 0. The van der Waals surface area contributed by atoms with Crippen molar-refractivity contribution < 1.29 is 9.59 Å². The predicted octanol–water partition coefficient (Wildman–Crippen LogP) is 0.577. The molecule has 0 aromatic rings. The van der Waals surface area contributed by atoms with Crippen molar-refractivity contribution in [2.24, 2.45) is 0 Å². The van der Waals surface area contributed by atoms with Crippen LogP contribution in [0.2, 0.25) is 0 Å². The van der Waals surface area contributed by atoms with E-state index in [1.807, 2.05) is 0 Å². The van der Waals surface area contributed by atoms with Gasteiger partial charge in [-0.2, -0.15) is 0 Å². The Kier molecular flexibility index (Phi) is 1.97. The van der Waals surface area contributed by atoms with Crippen LogP contribution in [0.15, 0.2) is 0 Å². The zero-order valence-electron chi connectivity index (χ0n) is 4.39. The summed E-state index contributed by atoms with van der Waals surface area (Å²) in [5.41, 5.74) is 0. The van der Waals surface area contributed by atoms with E-state index in [4.69, 9.17) is 11.6 Å². The third kappa shape index (κ3) is 1.37. The molecule has 0 radical (unpaired) electrons. The number of hydrogen-bond donors (Lipinski definition) is 1. The maximum absolute atomic E-state index is 10.6. The molecule has 50 valence electrons. The number of hydrogen-bond acceptors (Lipinski definition) is 3. The molecule has 1 aliphatic rings. The minimum Gasteiger partial charge on any atom is -0.286 e. The maximum atomic E-state index is 10.6. The van der Waals surface area contributed by atoms with Crippen molar-refractivity contribution in [3.05, 3.63) is 0 Å². The minimum absolute atomic E-state index is 0.197. The molecule has 5 heteroatoms. The van der Waals surface area contributed by atoms with Gasteiger partial charge in [0.2, 0.25) is 5.91 Å². The SMILES string of the molecule is O=C1NC(=O)C(CCl)S1. The third-order valence-electron chi connectivity index (χ3n) is 0.907. The second-order valence-corrected chi connectivity index (χ2v) is 3.02. The summed E-state index contributed by atoms with van der Waals surface area (Å²) in [5.74, 6) is -0.0811. The van der Waals surface area contributed by atoms with Gasteiger partial charge in [0.1, 0.15) is 5.25 Å². The van der Waals surface area contributed by atoms with E-state index < -0.39 is 0 Å². The predicted molar refractivity (Wildman–Crippen MR) is 35.6 cm³/mol. The van der Waals surface area contributed by atoms with E-state index in [2.05, 4.69) is 5.32 Å². The number of thioether (sulfide) groups is 1. The zero-order valence-corrected chi connectivity index (χ0v) is 5.96. The first kappa shape index (κ1) is 6.89. The summed E-state index contributed by atoms with van der Waals surface area (Å²) in [7, 11) is 0. The van der Waals surface area contributed by atoms with Gasteiger partial charge in [-0.05, 0) is 11.8 Å². The number of carbonyl (C=O) groups excluding carboxylic acids is 2. The average Bonchev–Trinajstić information content (AvgIpc) is 2.10. The molecule has 0 bridgehead atoms. The first-order valence-electron chi connectivity index (χ1n) is 2.31. The highest BCUT2D eigenvalue weighted by molar-refractivity contribution is 8.15. The second-order valence-electron chi connectivity index (χ2n) is 1.54. The van der Waals surface area contributed by atoms with Crippen LogP contribution in [0.1, 0.15) is 0 Å². The van der Waals surface area contributed by atoms with Crippen molar-refractivity contribution in [3.63, 3.8) is 0 Å². The molecule has 0 aromatic carbocycles. The zero-order chi connectivity index (χ0) is 6.85. The van der Waals surface area contributed by atoms with Crippen LogP contribution in [0.25, 0.3) is 0 Å². The van der Waals surface area contributed by atoms with Crippen LogP contribution in [0.3, 0.4) is 0 Å². The van der Waals surface area contributed by atoms with Gasteiger partial charge in [0.15, 0.2) is 0 Å². The number of rotatable bonds is 1. The van der Waals surface area contributed by atoms with Crippen LogP contribution in [0.4, 0.5) is 4.79 Å². The first-order valence-corrected chi connectivity index (χ1v) is 3.73. The molecule has 1 heterocycles. The Hall–Kier alpha value is -0.220. The Labute approximate surface area is 61.1 Å². The average molecular weight is 166 g/mol. The first-order chi connectivity index (χ1) is 4.24. The summed E-state index contributed by atoms with van der Waals surface area (Å²) < 4.78 is 0. The molecule has 0 aliphatic carbocycles. The number of carbonyl (C=O) groups is 2. The fourth-order valence-corrected chi connectivity index (χ4v) is 1.47. The number of alkyl halides is 1. The number of halogens is 1. The summed E-state index contributed by atoms with van der Waals surface area (Å²) >= 11 is 6.28. The van der Waals surface area contributed by atoms with Gasteiger partial charge in [-0.15, -0.1) is 11.6 Å². The Morgan fingerprint density at radius 2 is 2.33 bits per heavy atom. The van der Waals surface area contributed by atoms with Crippen LogP contribution in [0, 0.1) is 0 Å². The van der Waals surface area contributed by atoms with Crippen molar-refractivity contribution in [1.29, 1.82) is 0 Å². The Bertz CT molecular complexity index is 161. The molecule has 0 saturated carbocycles. The van der Waals surface area contributed by atoms with E-state index in [1.54, 1.807) is 0 Å². The largest absolute Gasteiger partial charge is 0.286 e. The summed E-state index contributed by atoms with van der Waals surface area (Å²) in [6.07, 6.45) is 0. The van der Waals surface area contributed by atoms with E-state index in [0.29, 0.717) is 0 Å². The van der Waals surface area contributed by atoms with Gasteiger partial charge in [-0.1, -0.05) is 0 Å². The van der Waals surface area contributed by atoms with Crippen molar-refractivity contribution in [2.75, 3.05) is 5.88 Å². The Balaban J connectivity index is 2.58. The van der Waals surface area contributed by atoms with Crippen LogP contribution < -0.4 is 5.32 Å². The molecule has 0 spiro atoms. The van der Waals surface area contributed by atoms with E-state index in [1.165, 1.54) is 0 Å². The lowest BCUT2D eigenvalue weighted by atomic mass is 10.4. The van der Waals surface area contributed by atoms with E-state index in [-0.39, 0.29) is 22.3 Å². The van der Waals surface area contributed by atoms with E-state index in [0.717, 1.165) is 11.8 Å². The fourth-order valence-electron chi connectivity index (χ4n) is 0.495. The highest BCUT2D eigenvalue weighted by atomic mass is 35.5.